The quantitative estimate of drug-likeness (QED) is 0.209. The van der Waals surface area contributed by atoms with E-state index in [9.17, 15) is 5.11 Å². The molecule has 1 fully saturated rings. The fourth-order valence-electron chi connectivity index (χ4n) is 4.83. The summed E-state index contributed by atoms with van der Waals surface area (Å²) in [5, 5.41) is 11.6. The second-order valence-corrected chi connectivity index (χ2v) is 10.2. The SMILES string of the molecule is COc1ccc(CO[C@H]2[C@@H](O)[C@@H](COCc3ccccc3)O[C@@H](OCc3ccccc3)[C@@H]2OCc2ccccc2)cc1. The van der Waals surface area contributed by atoms with E-state index in [0.29, 0.717) is 19.8 Å². The number of hydrogen-bond acceptors (Lipinski definition) is 7. The van der Waals surface area contributed by atoms with Gasteiger partial charge in [0.2, 0.25) is 0 Å². The molecule has 4 aromatic carbocycles. The zero-order valence-corrected chi connectivity index (χ0v) is 23.8. The maximum absolute atomic E-state index is 11.6. The van der Waals surface area contributed by atoms with Crippen LogP contribution in [0.2, 0.25) is 0 Å². The van der Waals surface area contributed by atoms with Crippen LogP contribution in [0.25, 0.3) is 0 Å². The first-order chi connectivity index (χ1) is 20.7. The molecule has 0 saturated carbocycles. The Balaban J connectivity index is 1.34. The summed E-state index contributed by atoms with van der Waals surface area (Å²) in [5.41, 5.74) is 3.98. The van der Waals surface area contributed by atoms with Crippen LogP contribution in [0.1, 0.15) is 22.3 Å². The molecule has 0 spiro atoms. The van der Waals surface area contributed by atoms with Crippen molar-refractivity contribution < 1.29 is 33.5 Å². The zero-order valence-electron chi connectivity index (χ0n) is 23.8. The van der Waals surface area contributed by atoms with Gasteiger partial charge in [-0.1, -0.05) is 103 Å². The van der Waals surface area contributed by atoms with Crippen LogP contribution in [-0.4, -0.2) is 49.5 Å². The molecule has 0 aromatic heterocycles. The van der Waals surface area contributed by atoms with E-state index in [1.807, 2.05) is 115 Å². The highest BCUT2D eigenvalue weighted by Crippen LogP contribution is 2.30. The van der Waals surface area contributed by atoms with Crippen molar-refractivity contribution in [2.24, 2.45) is 0 Å². The lowest BCUT2D eigenvalue weighted by molar-refractivity contribution is -0.324. The first kappa shape index (κ1) is 29.9. The van der Waals surface area contributed by atoms with Crippen LogP contribution in [0.5, 0.6) is 5.75 Å². The molecule has 0 bridgehead atoms. The standard InChI is InChI=1S/C35H38O7/c1-37-30-19-17-29(18-20-30)23-39-33-32(36)31(25-38-21-26-11-5-2-6-12-26)42-35(41-24-28-15-9-4-10-16-28)34(33)40-22-27-13-7-3-8-14-27/h2-20,31-36H,21-25H2,1H3/t31-,32+,33+,34-,35-/m1/s1. The Morgan fingerprint density at radius 3 is 1.60 bits per heavy atom. The van der Waals surface area contributed by atoms with E-state index in [2.05, 4.69) is 0 Å². The molecule has 1 heterocycles. The van der Waals surface area contributed by atoms with Crippen molar-refractivity contribution in [1.82, 2.24) is 0 Å². The first-order valence-corrected chi connectivity index (χ1v) is 14.2. The van der Waals surface area contributed by atoms with E-state index in [1.165, 1.54) is 0 Å². The molecule has 1 N–H and O–H groups in total. The highest BCUT2D eigenvalue weighted by Gasteiger charge is 2.47. The Kier molecular flexibility index (Phi) is 11.1. The van der Waals surface area contributed by atoms with Crippen molar-refractivity contribution in [3.05, 3.63) is 138 Å². The highest BCUT2D eigenvalue weighted by atomic mass is 16.7. The lowest BCUT2D eigenvalue weighted by Gasteiger charge is -2.44. The Hall–Kier alpha value is -3.56. The second kappa shape index (κ2) is 15.6. The van der Waals surface area contributed by atoms with E-state index >= 15 is 0 Å². The van der Waals surface area contributed by atoms with E-state index < -0.39 is 30.7 Å². The molecule has 5 rings (SSSR count). The molecular weight excluding hydrogens is 532 g/mol. The normalized spacial score (nSPS) is 22.1. The summed E-state index contributed by atoms with van der Waals surface area (Å²) in [5.74, 6) is 0.763. The van der Waals surface area contributed by atoms with Gasteiger partial charge in [0.15, 0.2) is 6.29 Å². The van der Waals surface area contributed by atoms with Gasteiger partial charge in [-0.25, -0.2) is 0 Å². The van der Waals surface area contributed by atoms with Crippen molar-refractivity contribution in [2.45, 2.75) is 57.1 Å². The predicted molar refractivity (Wildman–Crippen MR) is 159 cm³/mol. The van der Waals surface area contributed by atoms with Crippen LogP contribution in [-0.2, 0) is 50.1 Å². The van der Waals surface area contributed by atoms with E-state index in [0.717, 1.165) is 28.0 Å². The van der Waals surface area contributed by atoms with Gasteiger partial charge in [0, 0.05) is 0 Å². The molecule has 0 aliphatic carbocycles. The molecule has 7 heteroatoms. The monoisotopic (exact) mass is 570 g/mol. The van der Waals surface area contributed by atoms with Crippen LogP contribution in [0.4, 0.5) is 0 Å². The molecule has 1 aliphatic rings. The molecule has 0 unspecified atom stereocenters. The minimum atomic E-state index is -1.02. The number of rotatable bonds is 14. The van der Waals surface area contributed by atoms with Gasteiger partial charge in [0.05, 0.1) is 40.1 Å². The van der Waals surface area contributed by atoms with Crippen molar-refractivity contribution >= 4 is 0 Å². The number of hydrogen-bond donors (Lipinski definition) is 1. The Morgan fingerprint density at radius 2 is 1.05 bits per heavy atom. The van der Waals surface area contributed by atoms with Crippen molar-refractivity contribution in [1.29, 1.82) is 0 Å². The zero-order chi connectivity index (χ0) is 29.0. The third-order valence-corrected chi connectivity index (χ3v) is 7.16. The van der Waals surface area contributed by atoms with Gasteiger partial charge in [-0.3, -0.25) is 0 Å². The number of benzene rings is 4. The topological polar surface area (TPSA) is 75.6 Å². The third kappa shape index (κ3) is 8.49. The minimum absolute atomic E-state index is 0.162. The minimum Gasteiger partial charge on any atom is -0.497 e. The van der Waals surface area contributed by atoms with Crippen molar-refractivity contribution in [2.75, 3.05) is 13.7 Å². The summed E-state index contributed by atoms with van der Waals surface area (Å²) in [6.07, 6.45) is -3.95. The van der Waals surface area contributed by atoms with Crippen LogP contribution in [0, 0.1) is 0 Å². The second-order valence-electron chi connectivity index (χ2n) is 10.2. The first-order valence-electron chi connectivity index (χ1n) is 14.2. The van der Waals surface area contributed by atoms with Crippen LogP contribution in [0.15, 0.2) is 115 Å². The summed E-state index contributed by atoms with van der Waals surface area (Å²) < 4.78 is 36.8. The largest absolute Gasteiger partial charge is 0.497 e. The molecule has 1 saturated heterocycles. The summed E-state index contributed by atoms with van der Waals surface area (Å²) in [7, 11) is 1.63. The summed E-state index contributed by atoms with van der Waals surface area (Å²) in [4.78, 5) is 0. The number of aliphatic hydroxyl groups is 1. The lowest BCUT2D eigenvalue weighted by Crippen LogP contribution is -2.61. The maximum atomic E-state index is 11.6. The lowest BCUT2D eigenvalue weighted by atomic mass is 9.98. The molecular formula is C35H38O7. The molecule has 0 amide bonds. The highest BCUT2D eigenvalue weighted by molar-refractivity contribution is 5.26. The average molecular weight is 571 g/mol. The molecule has 4 aromatic rings. The predicted octanol–water partition coefficient (Wildman–Crippen LogP) is 5.69. The summed E-state index contributed by atoms with van der Waals surface area (Å²) >= 11 is 0. The van der Waals surface area contributed by atoms with Gasteiger partial charge in [0.25, 0.3) is 0 Å². The van der Waals surface area contributed by atoms with Crippen LogP contribution in [0.3, 0.4) is 0 Å². The molecule has 42 heavy (non-hydrogen) atoms. The number of aliphatic hydroxyl groups excluding tert-OH is 1. The van der Waals surface area contributed by atoms with Gasteiger partial charge in [-0.15, -0.1) is 0 Å². The van der Waals surface area contributed by atoms with E-state index in [4.69, 9.17) is 28.4 Å². The van der Waals surface area contributed by atoms with Crippen LogP contribution >= 0.6 is 0 Å². The summed E-state index contributed by atoms with van der Waals surface area (Å²) in [6, 6.07) is 37.3. The fraction of sp³-hybridized carbons (Fsp3) is 0.314. The van der Waals surface area contributed by atoms with Crippen LogP contribution < -0.4 is 4.74 Å². The van der Waals surface area contributed by atoms with Gasteiger partial charge in [-0.2, -0.15) is 0 Å². The van der Waals surface area contributed by atoms with E-state index in [-0.39, 0.29) is 13.2 Å². The Bertz CT molecular complexity index is 1300. The Morgan fingerprint density at radius 1 is 0.571 bits per heavy atom. The number of methoxy groups -OCH3 is 1. The summed E-state index contributed by atoms with van der Waals surface area (Å²) in [6.45, 7) is 1.45. The molecule has 7 nitrogen and oxygen atoms in total. The van der Waals surface area contributed by atoms with Gasteiger partial charge >= 0.3 is 0 Å². The third-order valence-electron chi connectivity index (χ3n) is 7.16. The molecule has 0 radical (unpaired) electrons. The van der Waals surface area contributed by atoms with Gasteiger partial charge < -0.3 is 33.5 Å². The van der Waals surface area contributed by atoms with Crippen molar-refractivity contribution in [3.63, 3.8) is 0 Å². The fourth-order valence-corrected chi connectivity index (χ4v) is 4.83. The van der Waals surface area contributed by atoms with Gasteiger partial charge in [0.1, 0.15) is 30.2 Å². The molecule has 1 aliphatic heterocycles. The van der Waals surface area contributed by atoms with E-state index in [1.54, 1.807) is 7.11 Å². The van der Waals surface area contributed by atoms with Gasteiger partial charge in [-0.05, 0) is 34.4 Å². The maximum Gasteiger partial charge on any atom is 0.187 e. The average Bonchev–Trinajstić information content (AvgIpc) is 3.05. The Labute approximate surface area is 247 Å². The smallest absolute Gasteiger partial charge is 0.187 e. The van der Waals surface area contributed by atoms with Crippen molar-refractivity contribution in [3.8, 4) is 5.75 Å². The number of ether oxygens (including phenoxy) is 6. The molecule has 220 valence electrons. The molecule has 5 atom stereocenters.